The molecule has 1 aromatic heterocycles. The van der Waals surface area contributed by atoms with E-state index in [1.807, 2.05) is 30.3 Å². The molecule has 0 aliphatic rings. The SMILES string of the molecule is CCNC(Cc1cc(Cl)ccc1OC)c1ccco1. The van der Waals surface area contributed by atoms with Gasteiger partial charge in [-0.15, -0.1) is 0 Å². The average Bonchev–Trinajstić information content (AvgIpc) is 2.92. The Hall–Kier alpha value is -1.45. The van der Waals surface area contributed by atoms with E-state index >= 15 is 0 Å². The fourth-order valence-corrected chi connectivity index (χ4v) is 2.33. The summed E-state index contributed by atoms with van der Waals surface area (Å²) < 4.78 is 10.9. The maximum atomic E-state index is 6.06. The second-order valence-electron chi connectivity index (χ2n) is 4.29. The van der Waals surface area contributed by atoms with E-state index in [0.29, 0.717) is 5.02 Å². The van der Waals surface area contributed by atoms with Crippen LogP contribution in [0.4, 0.5) is 0 Å². The van der Waals surface area contributed by atoms with Gasteiger partial charge < -0.3 is 14.5 Å². The lowest BCUT2D eigenvalue weighted by atomic mass is 10.0. The molecule has 19 heavy (non-hydrogen) atoms. The van der Waals surface area contributed by atoms with E-state index in [0.717, 1.165) is 30.0 Å². The van der Waals surface area contributed by atoms with E-state index in [1.54, 1.807) is 13.4 Å². The molecule has 0 spiro atoms. The van der Waals surface area contributed by atoms with E-state index in [1.165, 1.54) is 0 Å². The lowest BCUT2D eigenvalue weighted by molar-refractivity contribution is 0.392. The minimum atomic E-state index is 0.118. The second kappa shape index (κ2) is 6.64. The zero-order chi connectivity index (χ0) is 13.7. The Morgan fingerprint density at radius 3 is 2.84 bits per heavy atom. The molecular formula is C15H18ClNO2. The lowest BCUT2D eigenvalue weighted by Crippen LogP contribution is -2.22. The summed E-state index contributed by atoms with van der Waals surface area (Å²) in [5.74, 6) is 1.77. The molecule has 0 fully saturated rings. The molecule has 2 aromatic rings. The number of ether oxygens (including phenoxy) is 1. The first-order chi connectivity index (χ1) is 9.24. The molecule has 3 nitrogen and oxygen atoms in total. The van der Waals surface area contributed by atoms with E-state index < -0.39 is 0 Å². The smallest absolute Gasteiger partial charge is 0.122 e. The maximum Gasteiger partial charge on any atom is 0.122 e. The van der Waals surface area contributed by atoms with Gasteiger partial charge in [0.1, 0.15) is 11.5 Å². The van der Waals surface area contributed by atoms with Crippen LogP contribution in [0.2, 0.25) is 5.02 Å². The van der Waals surface area contributed by atoms with Crippen molar-refractivity contribution in [1.82, 2.24) is 5.32 Å². The quantitative estimate of drug-likeness (QED) is 0.872. The average molecular weight is 280 g/mol. The van der Waals surface area contributed by atoms with Crippen molar-refractivity contribution in [2.75, 3.05) is 13.7 Å². The van der Waals surface area contributed by atoms with Gasteiger partial charge in [-0.3, -0.25) is 0 Å². The van der Waals surface area contributed by atoms with Crippen molar-refractivity contribution >= 4 is 11.6 Å². The van der Waals surface area contributed by atoms with E-state index in [9.17, 15) is 0 Å². The Morgan fingerprint density at radius 1 is 1.37 bits per heavy atom. The Labute approximate surface area is 118 Å². The molecule has 0 radical (unpaired) electrons. The van der Waals surface area contributed by atoms with Crippen LogP contribution in [0.25, 0.3) is 0 Å². The number of rotatable bonds is 6. The van der Waals surface area contributed by atoms with Crippen LogP contribution in [0.15, 0.2) is 41.0 Å². The first-order valence-corrected chi connectivity index (χ1v) is 6.71. The predicted molar refractivity (Wildman–Crippen MR) is 76.8 cm³/mol. The Morgan fingerprint density at radius 2 is 2.21 bits per heavy atom. The topological polar surface area (TPSA) is 34.4 Å². The lowest BCUT2D eigenvalue weighted by Gasteiger charge is -2.17. The monoisotopic (exact) mass is 279 g/mol. The van der Waals surface area contributed by atoms with Gasteiger partial charge in [0.05, 0.1) is 19.4 Å². The summed E-state index contributed by atoms with van der Waals surface area (Å²) in [5, 5.41) is 4.13. The molecule has 1 atom stereocenters. The first-order valence-electron chi connectivity index (χ1n) is 6.33. The van der Waals surface area contributed by atoms with Crippen LogP contribution in [-0.4, -0.2) is 13.7 Å². The number of hydrogen-bond donors (Lipinski definition) is 1. The number of halogens is 1. The number of likely N-dealkylation sites (N-methyl/N-ethyl adjacent to an activating group) is 1. The van der Waals surface area contributed by atoms with Gasteiger partial charge in [0.2, 0.25) is 0 Å². The zero-order valence-corrected chi connectivity index (χ0v) is 11.9. The number of benzene rings is 1. The fourth-order valence-electron chi connectivity index (χ4n) is 2.14. The highest BCUT2D eigenvalue weighted by Gasteiger charge is 2.16. The fraction of sp³-hybridized carbons (Fsp3) is 0.333. The number of furan rings is 1. The summed E-state index contributed by atoms with van der Waals surface area (Å²) in [6.45, 7) is 2.94. The highest BCUT2D eigenvalue weighted by atomic mass is 35.5. The summed E-state index contributed by atoms with van der Waals surface area (Å²) in [7, 11) is 1.67. The first kappa shape index (κ1) is 14.0. The number of nitrogens with one attached hydrogen (secondary N) is 1. The molecule has 0 saturated heterocycles. The maximum absolute atomic E-state index is 6.06. The molecule has 0 amide bonds. The van der Waals surface area contributed by atoms with Crippen LogP contribution in [0, 0.1) is 0 Å². The minimum absolute atomic E-state index is 0.118. The molecule has 1 N–H and O–H groups in total. The Balaban J connectivity index is 2.24. The standard InChI is InChI=1S/C15H18ClNO2/c1-3-17-13(15-5-4-8-19-15)10-11-9-12(16)6-7-14(11)18-2/h4-9,13,17H,3,10H2,1-2H3. The van der Waals surface area contributed by atoms with Crippen LogP contribution in [-0.2, 0) is 6.42 Å². The molecule has 0 bridgehead atoms. The van der Waals surface area contributed by atoms with Crippen molar-refractivity contribution in [3.8, 4) is 5.75 Å². The third-order valence-electron chi connectivity index (χ3n) is 3.00. The van der Waals surface area contributed by atoms with Gasteiger partial charge in [0.25, 0.3) is 0 Å². The molecule has 1 heterocycles. The van der Waals surface area contributed by atoms with Gasteiger partial charge in [0.15, 0.2) is 0 Å². The van der Waals surface area contributed by atoms with Gasteiger partial charge in [-0.2, -0.15) is 0 Å². The van der Waals surface area contributed by atoms with Crippen LogP contribution in [0.1, 0.15) is 24.3 Å². The van der Waals surface area contributed by atoms with Crippen LogP contribution in [0.5, 0.6) is 5.75 Å². The summed E-state index contributed by atoms with van der Waals surface area (Å²) in [6, 6.07) is 9.65. The van der Waals surface area contributed by atoms with Gasteiger partial charge >= 0.3 is 0 Å². The highest BCUT2D eigenvalue weighted by Crippen LogP contribution is 2.28. The van der Waals surface area contributed by atoms with Crippen molar-refractivity contribution < 1.29 is 9.15 Å². The molecule has 1 unspecified atom stereocenters. The zero-order valence-electron chi connectivity index (χ0n) is 11.2. The summed E-state index contributed by atoms with van der Waals surface area (Å²) in [4.78, 5) is 0. The van der Waals surface area contributed by atoms with Crippen LogP contribution < -0.4 is 10.1 Å². The molecule has 0 aliphatic carbocycles. The van der Waals surface area contributed by atoms with Gasteiger partial charge in [0, 0.05) is 5.02 Å². The van der Waals surface area contributed by atoms with E-state index in [2.05, 4.69) is 12.2 Å². The molecule has 0 saturated carbocycles. The summed E-state index contributed by atoms with van der Waals surface area (Å²) >= 11 is 6.06. The number of methoxy groups -OCH3 is 1. The Kier molecular flexibility index (Phi) is 4.88. The van der Waals surface area contributed by atoms with Crippen molar-refractivity contribution in [3.05, 3.63) is 52.9 Å². The molecule has 1 aromatic carbocycles. The molecule has 4 heteroatoms. The minimum Gasteiger partial charge on any atom is -0.496 e. The largest absolute Gasteiger partial charge is 0.496 e. The van der Waals surface area contributed by atoms with Crippen LogP contribution >= 0.6 is 11.6 Å². The number of hydrogen-bond acceptors (Lipinski definition) is 3. The molecule has 102 valence electrons. The molecular weight excluding hydrogens is 262 g/mol. The van der Waals surface area contributed by atoms with Crippen molar-refractivity contribution in [2.45, 2.75) is 19.4 Å². The molecule has 0 aliphatic heterocycles. The van der Waals surface area contributed by atoms with E-state index in [-0.39, 0.29) is 6.04 Å². The normalized spacial score (nSPS) is 12.4. The van der Waals surface area contributed by atoms with Gasteiger partial charge in [-0.05, 0) is 48.9 Å². The second-order valence-corrected chi connectivity index (χ2v) is 4.72. The summed E-state index contributed by atoms with van der Waals surface area (Å²) in [6.07, 6.45) is 2.46. The van der Waals surface area contributed by atoms with E-state index in [4.69, 9.17) is 20.8 Å². The van der Waals surface area contributed by atoms with Crippen molar-refractivity contribution in [3.63, 3.8) is 0 Å². The predicted octanol–water partition coefficient (Wildman–Crippen LogP) is 3.83. The van der Waals surface area contributed by atoms with Crippen molar-refractivity contribution in [1.29, 1.82) is 0 Å². The Bertz CT molecular complexity index is 511. The molecule has 2 rings (SSSR count). The highest BCUT2D eigenvalue weighted by molar-refractivity contribution is 6.30. The third kappa shape index (κ3) is 3.52. The van der Waals surface area contributed by atoms with Crippen LogP contribution in [0.3, 0.4) is 0 Å². The van der Waals surface area contributed by atoms with Crippen molar-refractivity contribution in [2.24, 2.45) is 0 Å². The van der Waals surface area contributed by atoms with Gasteiger partial charge in [-0.25, -0.2) is 0 Å². The summed E-state index contributed by atoms with van der Waals surface area (Å²) in [5.41, 5.74) is 1.07. The van der Waals surface area contributed by atoms with Gasteiger partial charge in [-0.1, -0.05) is 18.5 Å². The third-order valence-corrected chi connectivity index (χ3v) is 3.24.